The van der Waals surface area contributed by atoms with Gasteiger partial charge in [-0.05, 0) is 57.9 Å². The zero-order chi connectivity index (χ0) is 11.4. The second kappa shape index (κ2) is 6.02. The molecule has 1 saturated heterocycles. The first-order valence-electron chi connectivity index (χ1n) is 7.18. The summed E-state index contributed by atoms with van der Waals surface area (Å²) in [6.45, 7) is 5.64. The fourth-order valence-electron chi connectivity index (χ4n) is 3.31. The molecule has 1 N–H and O–H groups in total. The van der Waals surface area contributed by atoms with E-state index in [9.17, 15) is 0 Å². The highest BCUT2D eigenvalue weighted by Gasteiger charge is 2.31. The highest BCUT2D eigenvalue weighted by Crippen LogP contribution is 2.33. The number of rotatable bonds is 5. The van der Waals surface area contributed by atoms with Gasteiger partial charge in [-0.15, -0.1) is 0 Å². The van der Waals surface area contributed by atoms with E-state index < -0.39 is 0 Å². The molecule has 0 aromatic rings. The van der Waals surface area contributed by atoms with Crippen molar-refractivity contribution in [2.24, 2.45) is 5.92 Å². The number of hydrogen-bond acceptors (Lipinski definition) is 2. The predicted molar refractivity (Wildman–Crippen MR) is 67.6 cm³/mol. The SMILES string of the molecule is CCCNC1CCCC1CC1CCC(C)O1. The third kappa shape index (κ3) is 3.21. The average Bonchev–Trinajstić information content (AvgIpc) is 2.86. The fraction of sp³-hybridized carbons (Fsp3) is 1.00. The molecule has 0 aromatic heterocycles. The maximum atomic E-state index is 5.95. The second-order valence-electron chi connectivity index (χ2n) is 5.63. The molecule has 1 aliphatic heterocycles. The van der Waals surface area contributed by atoms with Gasteiger partial charge in [-0.1, -0.05) is 13.3 Å². The van der Waals surface area contributed by atoms with Gasteiger partial charge in [0.15, 0.2) is 0 Å². The van der Waals surface area contributed by atoms with Crippen LogP contribution in [0.5, 0.6) is 0 Å². The third-order valence-electron chi connectivity index (χ3n) is 4.20. The summed E-state index contributed by atoms with van der Waals surface area (Å²) < 4.78 is 5.95. The largest absolute Gasteiger partial charge is 0.375 e. The van der Waals surface area contributed by atoms with E-state index in [2.05, 4.69) is 19.2 Å². The second-order valence-corrected chi connectivity index (χ2v) is 5.63. The Morgan fingerprint density at radius 2 is 2.06 bits per heavy atom. The fourth-order valence-corrected chi connectivity index (χ4v) is 3.31. The lowest BCUT2D eigenvalue weighted by atomic mass is 9.95. The Hall–Kier alpha value is -0.0800. The van der Waals surface area contributed by atoms with E-state index in [1.807, 2.05) is 0 Å². The summed E-state index contributed by atoms with van der Waals surface area (Å²) in [7, 11) is 0. The van der Waals surface area contributed by atoms with Crippen LogP contribution in [0.3, 0.4) is 0 Å². The minimum atomic E-state index is 0.508. The molecule has 4 atom stereocenters. The number of nitrogens with one attached hydrogen (secondary N) is 1. The van der Waals surface area contributed by atoms with Crippen LogP contribution in [0.1, 0.15) is 58.8 Å². The van der Waals surface area contributed by atoms with E-state index in [-0.39, 0.29) is 0 Å². The maximum absolute atomic E-state index is 5.95. The van der Waals surface area contributed by atoms with Crippen molar-refractivity contribution in [2.45, 2.75) is 77.0 Å². The molecule has 0 amide bonds. The molecule has 2 rings (SSSR count). The summed E-state index contributed by atoms with van der Waals surface area (Å²) in [6.07, 6.45) is 10.4. The summed E-state index contributed by atoms with van der Waals surface area (Å²) in [5.74, 6) is 0.877. The molecule has 2 aliphatic rings. The van der Waals surface area contributed by atoms with Gasteiger partial charge in [-0.3, -0.25) is 0 Å². The normalized spacial score (nSPS) is 39.4. The molecular weight excluding hydrogens is 198 g/mol. The quantitative estimate of drug-likeness (QED) is 0.776. The summed E-state index contributed by atoms with van der Waals surface area (Å²) in [5, 5.41) is 3.71. The standard InChI is InChI=1S/C14H27NO/c1-3-9-15-14-6-4-5-12(14)10-13-8-7-11(2)16-13/h11-15H,3-10H2,1-2H3. The maximum Gasteiger partial charge on any atom is 0.0583 e. The van der Waals surface area contributed by atoms with Crippen LogP contribution in [0.25, 0.3) is 0 Å². The Morgan fingerprint density at radius 1 is 1.19 bits per heavy atom. The van der Waals surface area contributed by atoms with Crippen molar-refractivity contribution >= 4 is 0 Å². The summed E-state index contributed by atoms with van der Waals surface area (Å²) in [4.78, 5) is 0. The molecule has 0 bridgehead atoms. The van der Waals surface area contributed by atoms with Crippen molar-refractivity contribution in [3.63, 3.8) is 0 Å². The van der Waals surface area contributed by atoms with Crippen LogP contribution < -0.4 is 5.32 Å². The predicted octanol–water partition coefficient (Wildman–Crippen LogP) is 3.11. The van der Waals surface area contributed by atoms with Crippen molar-refractivity contribution < 1.29 is 4.74 Å². The molecule has 2 fully saturated rings. The van der Waals surface area contributed by atoms with Crippen LogP contribution in [0.15, 0.2) is 0 Å². The van der Waals surface area contributed by atoms with Crippen molar-refractivity contribution in [3.05, 3.63) is 0 Å². The van der Waals surface area contributed by atoms with Crippen molar-refractivity contribution in [1.82, 2.24) is 5.32 Å². The van der Waals surface area contributed by atoms with Gasteiger partial charge in [-0.2, -0.15) is 0 Å². The highest BCUT2D eigenvalue weighted by molar-refractivity contribution is 4.86. The van der Waals surface area contributed by atoms with E-state index in [1.54, 1.807) is 0 Å². The van der Waals surface area contributed by atoms with Gasteiger partial charge >= 0.3 is 0 Å². The Balaban J connectivity index is 1.74. The van der Waals surface area contributed by atoms with E-state index in [0.717, 1.165) is 12.0 Å². The van der Waals surface area contributed by atoms with Gasteiger partial charge in [0, 0.05) is 6.04 Å². The molecule has 16 heavy (non-hydrogen) atoms. The van der Waals surface area contributed by atoms with Gasteiger partial charge in [0.1, 0.15) is 0 Å². The molecule has 1 aliphatic carbocycles. The zero-order valence-corrected chi connectivity index (χ0v) is 10.9. The minimum absolute atomic E-state index is 0.508. The molecule has 94 valence electrons. The molecule has 0 aromatic carbocycles. The van der Waals surface area contributed by atoms with Crippen molar-refractivity contribution in [1.29, 1.82) is 0 Å². The number of ether oxygens (including phenoxy) is 1. The molecule has 1 heterocycles. The first-order valence-corrected chi connectivity index (χ1v) is 7.18. The lowest BCUT2D eigenvalue weighted by Crippen LogP contribution is -2.34. The van der Waals surface area contributed by atoms with Gasteiger partial charge in [-0.25, -0.2) is 0 Å². The third-order valence-corrected chi connectivity index (χ3v) is 4.20. The van der Waals surface area contributed by atoms with Crippen LogP contribution in [0, 0.1) is 5.92 Å². The lowest BCUT2D eigenvalue weighted by Gasteiger charge is -2.23. The lowest BCUT2D eigenvalue weighted by molar-refractivity contribution is 0.0388. The summed E-state index contributed by atoms with van der Waals surface area (Å²) in [5.41, 5.74) is 0. The molecule has 4 unspecified atom stereocenters. The monoisotopic (exact) mass is 225 g/mol. The van der Waals surface area contributed by atoms with Gasteiger partial charge in [0.05, 0.1) is 12.2 Å². The van der Waals surface area contributed by atoms with Crippen LogP contribution in [0.4, 0.5) is 0 Å². The molecule has 2 nitrogen and oxygen atoms in total. The summed E-state index contributed by atoms with van der Waals surface area (Å²) in [6, 6.07) is 0.777. The molecule has 1 saturated carbocycles. The van der Waals surface area contributed by atoms with Crippen LogP contribution in [-0.2, 0) is 4.74 Å². The van der Waals surface area contributed by atoms with Crippen LogP contribution in [0.2, 0.25) is 0 Å². The van der Waals surface area contributed by atoms with E-state index in [1.165, 1.54) is 51.5 Å². The van der Waals surface area contributed by atoms with Crippen molar-refractivity contribution in [3.8, 4) is 0 Å². The van der Waals surface area contributed by atoms with Crippen LogP contribution >= 0.6 is 0 Å². The van der Waals surface area contributed by atoms with E-state index in [4.69, 9.17) is 4.74 Å². The smallest absolute Gasteiger partial charge is 0.0583 e. The molecule has 0 spiro atoms. The van der Waals surface area contributed by atoms with Gasteiger partial charge in [0.25, 0.3) is 0 Å². The van der Waals surface area contributed by atoms with Crippen molar-refractivity contribution in [2.75, 3.05) is 6.54 Å². The van der Waals surface area contributed by atoms with E-state index in [0.29, 0.717) is 12.2 Å². The van der Waals surface area contributed by atoms with Gasteiger partial charge < -0.3 is 10.1 Å². The Bertz CT molecular complexity index is 207. The number of hydrogen-bond donors (Lipinski definition) is 1. The summed E-state index contributed by atoms with van der Waals surface area (Å²) >= 11 is 0. The van der Waals surface area contributed by atoms with Gasteiger partial charge in [0.2, 0.25) is 0 Å². The first-order chi connectivity index (χ1) is 7.79. The Labute approximate surface area is 100 Å². The topological polar surface area (TPSA) is 21.3 Å². The van der Waals surface area contributed by atoms with Crippen LogP contribution in [-0.4, -0.2) is 24.8 Å². The molecular formula is C14H27NO. The molecule has 0 radical (unpaired) electrons. The highest BCUT2D eigenvalue weighted by atomic mass is 16.5. The first kappa shape index (κ1) is 12.4. The molecule has 2 heteroatoms. The zero-order valence-electron chi connectivity index (χ0n) is 10.9. The Morgan fingerprint density at radius 3 is 2.75 bits per heavy atom. The minimum Gasteiger partial charge on any atom is -0.375 e. The van der Waals surface area contributed by atoms with E-state index >= 15 is 0 Å². The Kier molecular flexibility index (Phi) is 4.66. The average molecular weight is 225 g/mol.